The Balaban J connectivity index is 3.52. The fraction of sp³-hybridized carbons (Fsp3) is 0.500. The highest BCUT2D eigenvalue weighted by atomic mass is 19.3. The standard InChI is InChI=1S/C12H15F2NO2/c1-6(2)10-9(11(16)17)7(3)5-8(15-10)12(4,13)14/h5-6H,1-4H3,(H,16,17). The van der Waals surface area contributed by atoms with Gasteiger partial charge in [0.05, 0.1) is 11.3 Å². The van der Waals surface area contributed by atoms with Gasteiger partial charge in [-0.25, -0.2) is 4.79 Å². The van der Waals surface area contributed by atoms with Crippen molar-refractivity contribution in [2.75, 3.05) is 0 Å². The zero-order valence-electron chi connectivity index (χ0n) is 10.2. The highest BCUT2D eigenvalue weighted by Gasteiger charge is 2.29. The first kappa shape index (κ1) is 13.5. The second kappa shape index (κ2) is 4.39. The zero-order valence-corrected chi connectivity index (χ0v) is 10.2. The maximum absolute atomic E-state index is 13.2. The number of hydrogen-bond acceptors (Lipinski definition) is 2. The lowest BCUT2D eigenvalue weighted by molar-refractivity contribution is 0.0123. The van der Waals surface area contributed by atoms with Gasteiger partial charge < -0.3 is 5.11 Å². The Labute approximate surface area is 98.5 Å². The summed E-state index contributed by atoms with van der Waals surface area (Å²) in [5.74, 6) is -4.42. The molecule has 0 bridgehead atoms. The van der Waals surface area contributed by atoms with E-state index in [1.165, 1.54) is 6.92 Å². The van der Waals surface area contributed by atoms with Crippen LogP contribution in [-0.2, 0) is 5.92 Å². The van der Waals surface area contributed by atoms with Crippen LogP contribution in [0.3, 0.4) is 0 Å². The van der Waals surface area contributed by atoms with Crippen molar-refractivity contribution in [3.63, 3.8) is 0 Å². The number of carboxylic acids is 1. The average molecular weight is 243 g/mol. The minimum atomic E-state index is -3.06. The SMILES string of the molecule is Cc1cc(C(C)(F)F)nc(C(C)C)c1C(=O)O. The molecule has 0 atom stereocenters. The first-order chi connectivity index (χ1) is 7.64. The van der Waals surface area contributed by atoms with Crippen molar-refractivity contribution in [2.24, 2.45) is 0 Å². The van der Waals surface area contributed by atoms with Crippen molar-refractivity contribution < 1.29 is 18.7 Å². The summed E-state index contributed by atoms with van der Waals surface area (Å²) in [7, 11) is 0. The number of hydrogen-bond donors (Lipinski definition) is 1. The number of nitrogens with zero attached hydrogens (tertiary/aromatic N) is 1. The van der Waals surface area contributed by atoms with Crippen LogP contribution in [0.1, 0.15) is 54.0 Å². The molecule has 17 heavy (non-hydrogen) atoms. The molecule has 0 fully saturated rings. The molecule has 0 aromatic carbocycles. The summed E-state index contributed by atoms with van der Waals surface area (Å²) >= 11 is 0. The highest BCUT2D eigenvalue weighted by Crippen LogP contribution is 2.30. The number of aromatic nitrogens is 1. The van der Waals surface area contributed by atoms with E-state index in [-0.39, 0.29) is 22.9 Å². The summed E-state index contributed by atoms with van der Waals surface area (Å²) in [5, 5.41) is 9.06. The number of aromatic carboxylic acids is 1. The van der Waals surface area contributed by atoms with Crippen LogP contribution in [0.15, 0.2) is 6.07 Å². The van der Waals surface area contributed by atoms with E-state index >= 15 is 0 Å². The van der Waals surface area contributed by atoms with Crippen LogP contribution < -0.4 is 0 Å². The van der Waals surface area contributed by atoms with Gasteiger partial charge in [-0.15, -0.1) is 0 Å². The van der Waals surface area contributed by atoms with Crippen LogP contribution in [0.5, 0.6) is 0 Å². The molecular weight excluding hydrogens is 228 g/mol. The summed E-state index contributed by atoms with van der Waals surface area (Å²) < 4.78 is 26.4. The second-order valence-electron chi connectivity index (χ2n) is 4.43. The van der Waals surface area contributed by atoms with Gasteiger partial charge in [0.1, 0.15) is 5.69 Å². The molecule has 0 unspecified atom stereocenters. The van der Waals surface area contributed by atoms with Gasteiger partial charge in [-0.3, -0.25) is 4.98 Å². The molecule has 0 saturated carbocycles. The fourth-order valence-electron chi connectivity index (χ4n) is 1.62. The van der Waals surface area contributed by atoms with Gasteiger partial charge in [-0.05, 0) is 24.5 Å². The first-order valence-corrected chi connectivity index (χ1v) is 5.27. The Morgan fingerprint density at radius 1 is 1.47 bits per heavy atom. The number of aryl methyl sites for hydroxylation is 1. The molecule has 1 aromatic heterocycles. The van der Waals surface area contributed by atoms with Crippen LogP contribution in [0.2, 0.25) is 0 Å². The lowest BCUT2D eigenvalue weighted by Crippen LogP contribution is -2.16. The molecule has 0 aliphatic carbocycles. The third-order valence-corrected chi connectivity index (χ3v) is 2.46. The van der Waals surface area contributed by atoms with Gasteiger partial charge in [-0.1, -0.05) is 13.8 Å². The first-order valence-electron chi connectivity index (χ1n) is 5.27. The van der Waals surface area contributed by atoms with Gasteiger partial charge in [0.15, 0.2) is 0 Å². The smallest absolute Gasteiger partial charge is 0.337 e. The van der Waals surface area contributed by atoms with E-state index in [4.69, 9.17) is 5.11 Å². The molecule has 0 saturated heterocycles. The number of rotatable bonds is 3. The number of halogens is 2. The van der Waals surface area contributed by atoms with Gasteiger partial charge in [-0.2, -0.15) is 8.78 Å². The van der Waals surface area contributed by atoms with Crippen molar-refractivity contribution in [1.29, 1.82) is 0 Å². The van der Waals surface area contributed by atoms with Crippen molar-refractivity contribution >= 4 is 5.97 Å². The summed E-state index contributed by atoms with van der Waals surface area (Å²) in [6.45, 7) is 5.71. The highest BCUT2D eigenvalue weighted by molar-refractivity contribution is 5.90. The van der Waals surface area contributed by atoms with Crippen LogP contribution in [-0.4, -0.2) is 16.1 Å². The fourth-order valence-corrected chi connectivity index (χ4v) is 1.62. The zero-order chi connectivity index (χ0) is 13.4. The molecule has 1 N–H and O–H groups in total. The van der Waals surface area contributed by atoms with Crippen molar-refractivity contribution in [3.8, 4) is 0 Å². The summed E-state index contributed by atoms with van der Waals surface area (Å²) in [6, 6.07) is 1.13. The van der Waals surface area contributed by atoms with Gasteiger partial charge in [0, 0.05) is 6.92 Å². The van der Waals surface area contributed by atoms with E-state index in [2.05, 4.69) is 4.98 Å². The molecular formula is C12H15F2NO2. The molecule has 1 aromatic rings. The van der Waals surface area contributed by atoms with Gasteiger partial charge >= 0.3 is 5.97 Å². The van der Waals surface area contributed by atoms with Crippen LogP contribution in [0.4, 0.5) is 8.78 Å². The second-order valence-corrected chi connectivity index (χ2v) is 4.43. The van der Waals surface area contributed by atoms with Crippen molar-refractivity contribution in [2.45, 2.75) is 39.5 Å². The van der Waals surface area contributed by atoms with Gasteiger partial charge in [0.2, 0.25) is 0 Å². The monoisotopic (exact) mass is 243 g/mol. The number of carboxylic acid groups (broad SMARTS) is 1. The van der Waals surface area contributed by atoms with E-state index in [0.29, 0.717) is 5.56 Å². The minimum Gasteiger partial charge on any atom is -0.478 e. The largest absolute Gasteiger partial charge is 0.478 e. The summed E-state index contributed by atoms with van der Waals surface area (Å²) in [4.78, 5) is 14.9. The maximum Gasteiger partial charge on any atom is 0.337 e. The van der Waals surface area contributed by atoms with Crippen molar-refractivity contribution in [3.05, 3.63) is 28.6 Å². The summed E-state index contributed by atoms with van der Waals surface area (Å²) in [6.07, 6.45) is 0. The predicted molar refractivity (Wildman–Crippen MR) is 59.6 cm³/mol. The molecule has 5 heteroatoms. The Hall–Kier alpha value is -1.52. The van der Waals surface area contributed by atoms with E-state index in [1.54, 1.807) is 13.8 Å². The Morgan fingerprint density at radius 2 is 2.00 bits per heavy atom. The van der Waals surface area contributed by atoms with E-state index < -0.39 is 11.9 Å². The normalized spacial score (nSPS) is 11.9. The molecule has 0 spiro atoms. The Bertz CT molecular complexity index is 451. The van der Waals surface area contributed by atoms with Crippen molar-refractivity contribution in [1.82, 2.24) is 4.98 Å². The van der Waals surface area contributed by atoms with Gasteiger partial charge in [0.25, 0.3) is 5.92 Å². The quantitative estimate of drug-likeness (QED) is 0.885. The van der Waals surface area contributed by atoms with Crippen LogP contribution >= 0.6 is 0 Å². The molecule has 0 radical (unpaired) electrons. The van der Waals surface area contributed by atoms with E-state index in [9.17, 15) is 13.6 Å². The molecule has 1 heterocycles. The topological polar surface area (TPSA) is 50.2 Å². The lowest BCUT2D eigenvalue weighted by Gasteiger charge is -2.17. The molecule has 0 aliphatic heterocycles. The number of pyridine rings is 1. The molecule has 0 amide bonds. The maximum atomic E-state index is 13.2. The number of carbonyl (C=O) groups is 1. The van der Waals surface area contributed by atoms with Crippen LogP contribution in [0.25, 0.3) is 0 Å². The predicted octanol–water partition coefficient (Wildman–Crippen LogP) is 3.32. The minimum absolute atomic E-state index is 0.0213. The third-order valence-electron chi connectivity index (χ3n) is 2.46. The molecule has 1 rings (SSSR count). The van der Waals surface area contributed by atoms with E-state index in [0.717, 1.165) is 13.0 Å². The molecule has 0 aliphatic rings. The summed E-state index contributed by atoms with van der Waals surface area (Å²) in [5.41, 5.74) is 0.151. The third kappa shape index (κ3) is 2.78. The molecule has 94 valence electrons. The Kier molecular flexibility index (Phi) is 3.50. The van der Waals surface area contributed by atoms with E-state index in [1.807, 2.05) is 0 Å². The van der Waals surface area contributed by atoms with Crippen LogP contribution in [0, 0.1) is 6.92 Å². The molecule has 3 nitrogen and oxygen atoms in total. The lowest BCUT2D eigenvalue weighted by atomic mass is 9.98. The Morgan fingerprint density at radius 3 is 2.35 bits per heavy atom. The average Bonchev–Trinajstić information content (AvgIpc) is 2.13. The number of alkyl halides is 2.